The van der Waals surface area contributed by atoms with E-state index in [0.29, 0.717) is 6.54 Å². The summed E-state index contributed by atoms with van der Waals surface area (Å²) in [6, 6.07) is 7.84. The number of carbonyl (C=O) groups is 2. The Balaban J connectivity index is 2.78. The molecule has 0 aliphatic heterocycles. The van der Waals surface area contributed by atoms with E-state index in [-0.39, 0.29) is 0 Å². The molecular formula is C16H23NO3. The van der Waals surface area contributed by atoms with E-state index >= 15 is 0 Å². The quantitative estimate of drug-likeness (QED) is 0.813. The number of carboxylic acids is 1. The third-order valence-electron chi connectivity index (χ3n) is 3.33. The normalized spacial score (nSPS) is 12.8. The van der Waals surface area contributed by atoms with Crippen LogP contribution in [0.15, 0.2) is 24.3 Å². The molecule has 20 heavy (non-hydrogen) atoms. The average molecular weight is 277 g/mol. The van der Waals surface area contributed by atoms with Crippen LogP contribution >= 0.6 is 0 Å². The van der Waals surface area contributed by atoms with Crippen LogP contribution in [-0.4, -0.2) is 17.0 Å². The van der Waals surface area contributed by atoms with Gasteiger partial charge >= 0.3 is 5.97 Å². The Labute approximate surface area is 120 Å². The fraction of sp³-hybridized carbons (Fsp3) is 0.500. The second kappa shape index (κ2) is 6.55. The van der Waals surface area contributed by atoms with Gasteiger partial charge in [-0.3, -0.25) is 9.59 Å². The van der Waals surface area contributed by atoms with Crippen molar-refractivity contribution in [3.63, 3.8) is 0 Å². The van der Waals surface area contributed by atoms with Gasteiger partial charge in [-0.15, -0.1) is 0 Å². The summed E-state index contributed by atoms with van der Waals surface area (Å²) in [7, 11) is 0. The van der Waals surface area contributed by atoms with E-state index in [4.69, 9.17) is 0 Å². The lowest BCUT2D eigenvalue weighted by atomic mass is 9.80. The maximum Gasteiger partial charge on any atom is 0.316 e. The number of hydrogen-bond acceptors (Lipinski definition) is 2. The van der Waals surface area contributed by atoms with Crippen molar-refractivity contribution < 1.29 is 14.7 Å². The average Bonchev–Trinajstić information content (AvgIpc) is 2.34. The molecule has 0 aliphatic carbocycles. The van der Waals surface area contributed by atoms with Crippen molar-refractivity contribution in [3.8, 4) is 0 Å². The standard InChI is InChI=1S/C16H23NO3/c1-5-11-8-6-7-9-12(11)10-17-14(18)13(15(19)20)16(2,3)4/h6-9,13H,5,10H2,1-4H3,(H,17,18)(H,19,20). The van der Waals surface area contributed by atoms with Gasteiger partial charge in [-0.2, -0.15) is 0 Å². The van der Waals surface area contributed by atoms with Crippen LogP contribution in [0.3, 0.4) is 0 Å². The van der Waals surface area contributed by atoms with Crippen molar-refractivity contribution >= 4 is 11.9 Å². The predicted molar refractivity (Wildman–Crippen MR) is 78.2 cm³/mol. The highest BCUT2D eigenvalue weighted by molar-refractivity contribution is 5.97. The van der Waals surface area contributed by atoms with Gasteiger partial charge in [-0.05, 0) is 23.0 Å². The number of carbonyl (C=O) groups excluding carboxylic acids is 1. The lowest BCUT2D eigenvalue weighted by Crippen LogP contribution is -2.42. The number of rotatable bonds is 5. The minimum atomic E-state index is -1.08. The lowest BCUT2D eigenvalue weighted by molar-refractivity contribution is -0.151. The molecular weight excluding hydrogens is 254 g/mol. The Morgan fingerprint density at radius 3 is 2.20 bits per heavy atom. The van der Waals surface area contributed by atoms with Gasteiger partial charge in [0.1, 0.15) is 5.92 Å². The van der Waals surface area contributed by atoms with Gasteiger partial charge in [0.15, 0.2) is 0 Å². The van der Waals surface area contributed by atoms with Gasteiger partial charge in [0, 0.05) is 6.54 Å². The monoisotopic (exact) mass is 277 g/mol. The molecule has 1 unspecified atom stereocenters. The van der Waals surface area contributed by atoms with E-state index in [1.807, 2.05) is 24.3 Å². The predicted octanol–water partition coefficient (Wildman–Crippen LogP) is 2.61. The van der Waals surface area contributed by atoms with E-state index in [2.05, 4.69) is 12.2 Å². The van der Waals surface area contributed by atoms with Crippen molar-refractivity contribution in [3.05, 3.63) is 35.4 Å². The molecule has 0 heterocycles. The molecule has 0 aromatic heterocycles. The minimum absolute atomic E-state index is 0.364. The number of aryl methyl sites for hydroxylation is 1. The summed E-state index contributed by atoms with van der Waals surface area (Å²) in [5.74, 6) is -2.56. The molecule has 1 atom stereocenters. The summed E-state index contributed by atoms with van der Waals surface area (Å²) in [6.07, 6.45) is 0.883. The summed E-state index contributed by atoms with van der Waals surface area (Å²) < 4.78 is 0. The molecule has 0 aliphatic rings. The highest BCUT2D eigenvalue weighted by atomic mass is 16.4. The SMILES string of the molecule is CCc1ccccc1CNC(=O)C(C(=O)O)C(C)(C)C. The molecule has 0 saturated carbocycles. The molecule has 4 heteroatoms. The first-order valence-corrected chi connectivity index (χ1v) is 6.84. The molecule has 2 N–H and O–H groups in total. The van der Waals surface area contributed by atoms with Gasteiger partial charge in [0.25, 0.3) is 0 Å². The van der Waals surface area contributed by atoms with Gasteiger partial charge in [-0.1, -0.05) is 52.0 Å². The molecule has 1 amide bonds. The fourth-order valence-electron chi connectivity index (χ4n) is 2.24. The Kier molecular flexibility index (Phi) is 5.31. The van der Waals surface area contributed by atoms with Crippen LogP contribution in [0.2, 0.25) is 0 Å². The summed E-state index contributed by atoms with van der Waals surface area (Å²) in [5, 5.41) is 12.0. The molecule has 1 aromatic carbocycles. The lowest BCUT2D eigenvalue weighted by Gasteiger charge is -2.26. The number of amides is 1. The Hall–Kier alpha value is -1.84. The van der Waals surface area contributed by atoms with E-state index in [0.717, 1.165) is 17.5 Å². The van der Waals surface area contributed by atoms with E-state index in [9.17, 15) is 14.7 Å². The van der Waals surface area contributed by atoms with Gasteiger partial charge < -0.3 is 10.4 Å². The van der Waals surface area contributed by atoms with Crippen LogP contribution in [0.5, 0.6) is 0 Å². The van der Waals surface area contributed by atoms with Gasteiger partial charge in [-0.25, -0.2) is 0 Å². The summed E-state index contributed by atoms with van der Waals surface area (Å²) in [4.78, 5) is 23.4. The minimum Gasteiger partial charge on any atom is -0.481 e. The van der Waals surface area contributed by atoms with E-state index in [1.54, 1.807) is 20.8 Å². The molecule has 0 bridgehead atoms. The van der Waals surface area contributed by atoms with Crippen LogP contribution in [0.1, 0.15) is 38.8 Å². The first kappa shape index (κ1) is 16.2. The second-order valence-electron chi connectivity index (χ2n) is 5.98. The number of nitrogens with one attached hydrogen (secondary N) is 1. The van der Waals surface area contributed by atoms with Crippen molar-refractivity contribution in [2.75, 3.05) is 0 Å². The van der Waals surface area contributed by atoms with Crippen molar-refractivity contribution in [2.45, 2.75) is 40.7 Å². The Morgan fingerprint density at radius 1 is 1.20 bits per heavy atom. The van der Waals surface area contributed by atoms with Crippen molar-refractivity contribution in [1.82, 2.24) is 5.32 Å². The Morgan fingerprint density at radius 2 is 1.75 bits per heavy atom. The van der Waals surface area contributed by atoms with E-state index < -0.39 is 23.2 Å². The zero-order valence-corrected chi connectivity index (χ0v) is 12.6. The van der Waals surface area contributed by atoms with Gasteiger partial charge in [0.05, 0.1) is 0 Å². The topological polar surface area (TPSA) is 66.4 Å². The fourth-order valence-corrected chi connectivity index (χ4v) is 2.24. The number of carboxylic acid groups (broad SMARTS) is 1. The zero-order chi connectivity index (χ0) is 15.3. The molecule has 0 fully saturated rings. The van der Waals surface area contributed by atoms with E-state index in [1.165, 1.54) is 0 Å². The van der Waals surface area contributed by atoms with Crippen LogP contribution in [0.4, 0.5) is 0 Å². The maximum absolute atomic E-state index is 12.1. The van der Waals surface area contributed by atoms with Crippen molar-refractivity contribution in [1.29, 1.82) is 0 Å². The highest BCUT2D eigenvalue weighted by Crippen LogP contribution is 2.26. The second-order valence-corrected chi connectivity index (χ2v) is 5.98. The van der Waals surface area contributed by atoms with Crippen LogP contribution in [0.25, 0.3) is 0 Å². The molecule has 110 valence electrons. The molecule has 0 spiro atoms. The highest BCUT2D eigenvalue weighted by Gasteiger charge is 2.37. The number of hydrogen-bond donors (Lipinski definition) is 2. The zero-order valence-electron chi connectivity index (χ0n) is 12.6. The first-order chi connectivity index (χ1) is 9.27. The van der Waals surface area contributed by atoms with Crippen LogP contribution in [0, 0.1) is 11.3 Å². The van der Waals surface area contributed by atoms with Crippen molar-refractivity contribution in [2.24, 2.45) is 11.3 Å². The molecule has 4 nitrogen and oxygen atoms in total. The Bertz CT molecular complexity index is 489. The summed E-state index contributed by atoms with van der Waals surface area (Å²) >= 11 is 0. The third-order valence-corrected chi connectivity index (χ3v) is 3.33. The summed E-state index contributed by atoms with van der Waals surface area (Å²) in [5.41, 5.74) is 1.58. The number of aliphatic carboxylic acids is 1. The molecule has 1 rings (SSSR count). The number of benzene rings is 1. The molecule has 1 aromatic rings. The maximum atomic E-state index is 12.1. The van der Waals surface area contributed by atoms with Gasteiger partial charge in [0.2, 0.25) is 5.91 Å². The van der Waals surface area contributed by atoms with Crippen LogP contribution < -0.4 is 5.32 Å². The molecule has 0 saturated heterocycles. The third kappa shape index (κ3) is 4.08. The molecule has 0 radical (unpaired) electrons. The summed E-state index contributed by atoms with van der Waals surface area (Å²) in [6.45, 7) is 7.68. The first-order valence-electron chi connectivity index (χ1n) is 6.84. The smallest absolute Gasteiger partial charge is 0.316 e. The van der Waals surface area contributed by atoms with Crippen LogP contribution in [-0.2, 0) is 22.6 Å². The largest absolute Gasteiger partial charge is 0.481 e.